The molecule has 0 heterocycles. The van der Waals surface area contributed by atoms with Gasteiger partial charge in [-0.3, -0.25) is 4.79 Å². The summed E-state index contributed by atoms with van der Waals surface area (Å²) in [5.41, 5.74) is 0.849. The number of ether oxygens (including phenoxy) is 2. The molecule has 0 aliphatic heterocycles. The van der Waals surface area contributed by atoms with E-state index < -0.39 is 11.7 Å². The number of hydrogen-bond acceptors (Lipinski definition) is 4. The van der Waals surface area contributed by atoms with Gasteiger partial charge in [-0.25, -0.2) is 4.39 Å². The van der Waals surface area contributed by atoms with Crippen molar-refractivity contribution in [3.8, 4) is 17.6 Å². The molecule has 0 aliphatic carbocycles. The average Bonchev–Trinajstić information content (AvgIpc) is 2.67. The second-order valence-corrected chi connectivity index (χ2v) is 6.35. The minimum atomic E-state index is -0.602. The highest BCUT2D eigenvalue weighted by Crippen LogP contribution is 2.37. The van der Waals surface area contributed by atoms with E-state index >= 15 is 0 Å². The number of rotatable bonds is 8. The van der Waals surface area contributed by atoms with Crippen LogP contribution in [0.4, 0.5) is 10.1 Å². The van der Waals surface area contributed by atoms with Crippen LogP contribution in [0.15, 0.2) is 59.1 Å². The van der Waals surface area contributed by atoms with E-state index in [4.69, 9.17) is 9.47 Å². The van der Waals surface area contributed by atoms with Crippen LogP contribution in [0.25, 0.3) is 6.08 Å². The molecule has 0 unspecified atom stereocenters. The summed E-state index contributed by atoms with van der Waals surface area (Å²) in [5, 5.41) is 11.9. The first-order valence-electron chi connectivity index (χ1n) is 8.37. The quantitative estimate of drug-likeness (QED) is 0.349. The zero-order valence-electron chi connectivity index (χ0n) is 15.2. The molecule has 0 saturated heterocycles. The number of benzene rings is 2. The van der Waals surface area contributed by atoms with Crippen molar-refractivity contribution in [1.29, 1.82) is 5.26 Å². The molecule has 1 amide bonds. The summed E-state index contributed by atoms with van der Waals surface area (Å²) in [7, 11) is 0. The van der Waals surface area contributed by atoms with E-state index in [1.807, 2.05) is 13.0 Å². The Morgan fingerprint density at radius 1 is 1.32 bits per heavy atom. The van der Waals surface area contributed by atoms with Crippen molar-refractivity contribution >= 4 is 33.6 Å². The van der Waals surface area contributed by atoms with Gasteiger partial charge in [0.05, 0.1) is 11.1 Å². The van der Waals surface area contributed by atoms with Gasteiger partial charge in [0.25, 0.3) is 5.91 Å². The number of nitrogens with zero attached hydrogens (tertiary/aromatic N) is 1. The van der Waals surface area contributed by atoms with Crippen molar-refractivity contribution in [1.82, 2.24) is 0 Å². The number of carbonyl (C=O) groups excluding carboxylic acids is 1. The first-order valence-corrected chi connectivity index (χ1v) is 9.16. The zero-order chi connectivity index (χ0) is 20.5. The van der Waals surface area contributed by atoms with Gasteiger partial charge in [0.1, 0.15) is 24.1 Å². The fourth-order valence-corrected chi connectivity index (χ4v) is 2.84. The minimum absolute atomic E-state index is 0.113. The van der Waals surface area contributed by atoms with Crippen molar-refractivity contribution in [2.75, 3.05) is 18.5 Å². The topological polar surface area (TPSA) is 71.3 Å². The highest BCUT2D eigenvalue weighted by molar-refractivity contribution is 9.10. The average molecular weight is 445 g/mol. The maximum absolute atomic E-state index is 13.0. The Bertz CT molecular complexity index is 934. The molecule has 2 aromatic rings. The van der Waals surface area contributed by atoms with Gasteiger partial charge in [-0.15, -0.1) is 0 Å². The van der Waals surface area contributed by atoms with Crippen LogP contribution in [0.5, 0.6) is 11.5 Å². The lowest BCUT2D eigenvalue weighted by atomic mass is 10.1. The Labute approximate surface area is 171 Å². The highest BCUT2D eigenvalue weighted by atomic mass is 79.9. The third-order valence-corrected chi connectivity index (χ3v) is 4.04. The van der Waals surface area contributed by atoms with E-state index in [0.29, 0.717) is 40.4 Å². The lowest BCUT2D eigenvalue weighted by Crippen LogP contribution is -2.13. The second-order valence-electron chi connectivity index (χ2n) is 5.49. The fourth-order valence-electron chi connectivity index (χ4n) is 2.26. The number of nitrogens with one attached hydrogen (secondary N) is 1. The Kier molecular flexibility index (Phi) is 7.78. The number of halogens is 2. The molecule has 0 bridgehead atoms. The molecule has 0 saturated carbocycles. The molecule has 0 aromatic heterocycles. The summed E-state index contributed by atoms with van der Waals surface area (Å²) >= 11 is 3.42. The van der Waals surface area contributed by atoms with Crippen LogP contribution in [0, 0.1) is 17.1 Å². The number of nitriles is 1. The van der Waals surface area contributed by atoms with Crippen molar-refractivity contribution in [3.05, 3.63) is 70.5 Å². The first kappa shape index (κ1) is 21.2. The summed E-state index contributed by atoms with van der Waals surface area (Å²) in [6, 6.07) is 10.5. The predicted molar refractivity (Wildman–Crippen MR) is 110 cm³/mol. The first-order chi connectivity index (χ1) is 13.5. The van der Waals surface area contributed by atoms with Crippen LogP contribution < -0.4 is 14.8 Å². The summed E-state index contributed by atoms with van der Waals surface area (Å²) in [4.78, 5) is 12.4. The highest BCUT2D eigenvalue weighted by Gasteiger charge is 2.14. The Morgan fingerprint density at radius 2 is 2.04 bits per heavy atom. The van der Waals surface area contributed by atoms with Gasteiger partial charge >= 0.3 is 0 Å². The van der Waals surface area contributed by atoms with Crippen LogP contribution in [0.2, 0.25) is 0 Å². The van der Waals surface area contributed by atoms with E-state index in [2.05, 4.69) is 27.8 Å². The summed E-state index contributed by atoms with van der Waals surface area (Å²) in [5.74, 6) is -0.0364. The van der Waals surface area contributed by atoms with Crippen LogP contribution in [0.3, 0.4) is 0 Å². The molecule has 5 nitrogen and oxygen atoms in total. The molecule has 0 atom stereocenters. The number of carbonyl (C=O) groups is 1. The number of hydrogen-bond donors (Lipinski definition) is 1. The monoisotopic (exact) mass is 444 g/mol. The SMILES string of the molecule is C=CCOc1c(Br)cc(/C=C(/C#N)C(=O)Nc2ccc(F)cc2)cc1OCC. The molecule has 28 heavy (non-hydrogen) atoms. The molecular weight excluding hydrogens is 427 g/mol. The maximum atomic E-state index is 13.0. The molecule has 144 valence electrons. The minimum Gasteiger partial charge on any atom is -0.490 e. The van der Waals surface area contributed by atoms with E-state index in [9.17, 15) is 14.4 Å². The van der Waals surface area contributed by atoms with Crippen LogP contribution in [0.1, 0.15) is 12.5 Å². The van der Waals surface area contributed by atoms with Crippen LogP contribution in [-0.2, 0) is 4.79 Å². The molecule has 0 radical (unpaired) electrons. The Morgan fingerprint density at radius 3 is 2.64 bits per heavy atom. The molecule has 2 rings (SSSR count). The van der Waals surface area contributed by atoms with E-state index in [0.717, 1.165) is 0 Å². The molecule has 0 fully saturated rings. The summed E-state index contributed by atoms with van der Waals surface area (Å²) < 4.78 is 24.8. The smallest absolute Gasteiger partial charge is 0.266 e. The molecular formula is C21H18BrFN2O3. The fraction of sp³-hybridized carbons (Fsp3) is 0.143. The van der Waals surface area contributed by atoms with Gasteiger partial charge < -0.3 is 14.8 Å². The predicted octanol–water partition coefficient (Wildman–Crippen LogP) is 5.10. The van der Waals surface area contributed by atoms with Gasteiger partial charge in [-0.1, -0.05) is 12.7 Å². The standard InChI is InChI=1S/C21H18BrFN2O3/c1-3-9-28-20-18(22)11-14(12-19(20)27-4-2)10-15(13-24)21(26)25-17-7-5-16(23)6-8-17/h3,5-8,10-12H,1,4,9H2,2H3,(H,25,26)/b15-10-. The van der Waals surface area contributed by atoms with Gasteiger partial charge in [-0.2, -0.15) is 5.26 Å². The van der Waals surface area contributed by atoms with E-state index in [1.165, 1.54) is 30.3 Å². The summed E-state index contributed by atoms with van der Waals surface area (Å²) in [6.07, 6.45) is 3.05. The Hall–Kier alpha value is -3.11. The van der Waals surface area contributed by atoms with Gasteiger partial charge in [0.15, 0.2) is 11.5 Å². The molecule has 7 heteroatoms. The number of amides is 1. The lowest BCUT2D eigenvalue weighted by Gasteiger charge is -2.14. The number of anilines is 1. The molecule has 0 aliphatic rings. The van der Waals surface area contributed by atoms with Gasteiger partial charge in [0, 0.05) is 5.69 Å². The largest absolute Gasteiger partial charge is 0.490 e. The molecule has 2 aromatic carbocycles. The van der Waals surface area contributed by atoms with Crippen molar-refractivity contribution < 1.29 is 18.7 Å². The summed E-state index contributed by atoms with van der Waals surface area (Å²) in [6.45, 7) is 6.17. The third kappa shape index (κ3) is 5.69. The normalized spacial score (nSPS) is 10.7. The van der Waals surface area contributed by atoms with Gasteiger partial charge in [0.2, 0.25) is 0 Å². The molecule has 0 spiro atoms. The zero-order valence-corrected chi connectivity index (χ0v) is 16.8. The van der Waals surface area contributed by atoms with Gasteiger partial charge in [-0.05, 0) is 70.9 Å². The van der Waals surface area contributed by atoms with Crippen molar-refractivity contribution in [2.24, 2.45) is 0 Å². The van der Waals surface area contributed by atoms with Crippen LogP contribution >= 0.6 is 15.9 Å². The van der Waals surface area contributed by atoms with Crippen LogP contribution in [-0.4, -0.2) is 19.1 Å². The van der Waals surface area contributed by atoms with Crippen molar-refractivity contribution in [2.45, 2.75) is 6.92 Å². The van der Waals surface area contributed by atoms with Crippen molar-refractivity contribution in [3.63, 3.8) is 0 Å². The third-order valence-electron chi connectivity index (χ3n) is 3.46. The lowest BCUT2D eigenvalue weighted by molar-refractivity contribution is -0.112. The maximum Gasteiger partial charge on any atom is 0.266 e. The Balaban J connectivity index is 2.31. The van der Waals surface area contributed by atoms with E-state index in [-0.39, 0.29) is 5.57 Å². The van der Waals surface area contributed by atoms with E-state index in [1.54, 1.807) is 18.2 Å². The molecule has 1 N–H and O–H groups in total. The second kappa shape index (κ2) is 10.3.